The Morgan fingerprint density at radius 2 is 1.94 bits per heavy atom. The van der Waals surface area contributed by atoms with Crippen molar-refractivity contribution >= 4 is 5.97 Å². The summed E-state index contributed by atoms with van der Waals surface area (Å²) < 4.78 is 11.3. The van der Waals surface area contributed by atoms with Gasteiger partial charge in [-0.3, -0.25) is 9.69 Å². The Kier molecular flexibility index (Phi) is 3.47. The average molecular weight is 229 g/mol. The van der Waals surface area contributed by atoms with Gasteiger partial charge in [0.1, 0.15) is 0 Å². The minimum atomic E-state index is -0.735. The average Bonchev–Trinajstić information content (AvgIpc) is 2.66. The third-order valence-corrected chi connectivity index (χ3v) is 3.47. The van der Waals surface area contributed by atoms with E-state index in [-0.39, 0.29) is 18.2 Å². The summed E-state index contributed by atoms with van der Waals surface area (Å²) in [5, 5.41) is 8.74. The van der Waals surface area contributed by atoms with Gasteiger partial charge in [-0.1, -0.05) is 0 Å². The third-order valence-electron chi connectivity index (χ3n) is 3.47. The number of hydrogen-bond acceptors (Lipinski definition) is 4. The Hall–Kier alpha value is -0.650. The molecule has 0 bridgehead atoms. The minimum Gasteiger partial charge on any atom is -0.481 e. The molecule has 2 aliphatic heterocycles. The molecule has 1 spiro atoms. The van der Waals surface area contributed by atoms with E-state index in [1.54, 1.807) is 0 Å². The second kappa shape index (κ2) is 4.69. The van der Waals surface area contributed by atoms with Crippen LogP contribution in [0.5, 0.6) is 0 Å². The SMILES string of the molecule is CC(CC(=O)O)N1CCC2(CC1)OCCO2. The quantitative estimate of drug-likeness (QED) is 0.771. The molecule has 1 unspecified atom stereocenters. The predicted molar refractivity (Wildman–Crippen MR) is 57.2 cm³/mol. The Balaban J connectivity index is 1.82. The van der Waals surface area contributed by atoms with E-state index in [1.165, 1.54) is 0 Å². The van der Waals surface area contributed by atoms with Gasteiger partial charge in [0.15, 0.2) is 5.79 Å². The highest BCUT2D eigenvalue weighted by Crippen LogP contribution is 2.32. The zero-order valence-corrected chi connectivity index (χ0v) is 9.65. The Morgan fingerprint density at radius 3 is 2.44 bits per heavy atom. The number of nitrogens with zero attached hydrogens (tertiary/aromatic N) is 1. The van der Waals surface area contributed by atoms with E-state index < -0.39 is 5.97 Å². The molecule has 0 aromatic rings. The zero-order chi connectivity index (χ0) is 11.6. The van der Waals surface area contributed by atoms with E-state index in [9.17, 15) is 4.79 Å². The van der Waals surface area contributed by atoms with Crippen molar-refractivity contribution < 1.29 is 19.4 Å². The van der Waals surface area contributed by atoms with Crippen molar-refractivity contribution in [2.75, 3.05) is 26.3 Å². The molecule has 2 fully saturated rings. The van der Waals surface area contributed by atoms with Crippen LogP contribution in [0, 0.1) is 0 Å². The molecule has 1 N–H and O–H groups in total. The maximum Gasteiger partial charge on any atom is 0.304 e. The molecule has 2 rings (SSSR count). The van der Waals surface area contributed by atoms with E-state index in [2.05, 4.69) is 4.90 Å². The molecule has 0 saturated carbocycles. The fourth-order valence-electron chi connectivity index (χ4n) is 2.47. The van der Waals surface area contributed by atoms with Crippen LogP contribution >= 0.6 is 0 Å². The monoisotopic (exact) mass is 229 g/mol. The normalized spacial score (nSPS) is 27.1. The fourth-order valence-corrected chi connectivity index (χ4v) is 2.47. The molecule has 2 aliphatic rings. The first-order valence-electron chi connectivity index (χ1n) is 5.85. The first-order chi connectivity index (χ1) is 7.61. The Labute approximate surface area is 95.3 Å². The van der Waals surface area contributed by atoms with Crippen molar-refractivity contribution in [2.24, 2.45) is 0 Å². The van der Waals surface area contributed by atoms with Crippen LogP contribution in [0.4, 0.5) is 0 Å². The maximum atomic E-state index is 10.6. The molecule has 16 heavy (non-hydrogen) atoms. The standard InChI is InChI=1S/C11H19NO4/c1-9(8-10(13)14)12-4-2-11(3-5-12)15-6-7-16-11/h9H,2-8H2,1H3,(H,13,14). The first kappa shape index (κ1) is 11.8. The number of carboxylic acids is 1. The topological polar surface area (TPSA) is 59.0 Å². The fraction of sp³-hybridized carbons (Fsp3) is 0.909. The summed E-state index contributed by atoms with van der Waals surface area (Å²) in [6, 6.07) is 0.0938. The number of aliphatic carboxylic acids is 1. The van der Waals surface area contributed by atoms with Gasteiger partial charge in [-0.05, 0) is 6.92 Å². The van der Waals surface area contributed by atoms with Crippen molar-refractivity contribution in [3.05, 3.63) is 0 Å². The molecule has 0 radical (unpaired) electrons. The van der Waals surface area contributed by atoms with Crippen LogP contribution < -0.4 is 0 Å². The summed E-state index contributed by atoms with van der Waals surface area (Å²) in [6.45, 7) is 5.04. The zero-order valence-electron chi connectivity index (χ0n) is 9.65. The van der Waals surface area contributed by atoms with Gasteiger partial charge < -0.3 is 14.6 Å². The summed E-state index contributed by atoms with van der Waals surface area (Å²) in [6.07, 6.45) is 1.89. The largest absolute Gasteiger partial charge is 0.481 e. The van der Waals surface area contributed by atoms with Crippen LogP contribution in [0.25, 0.3) is 0 Å². The highest BCUT2D eigenvalue weighted by Gasteiger charge is 2.40. The highest BCUT2D eigenvalue weighted by atomic mass is 16.7. The molecule has 0 aromatic carbocycles. The van der Waals surface area contributed by atoms with Crippen LogP contribution in [-0.2, 0) is 14.3 Å². The second-order valence-corrected chi connectivity index (χ2v) is 4.59. The summed E-state index contributed by atoms with van der Waals surface area (Å²) in [5.74, 6) is -1.10. The number of ether oxygens (including phenoxy) is 2. The minimum absolute atomic E-state index is 0.0938. The van der Waals surface area contributed by atoms with E-state index in [1.807, 2.05) is 6.92 Å². The van der Waals surface area contributed by atoms with Gasteiger partial charge in [0.25, 0.3) is 0 Å². The summed E-state index contributed by atoms with van der Waals surface area (Å²) >= 11 is 0. The molecular weight excluding hydrogens is 210 g/mol. The lowest BCUT2D eigenvalue weighted by molar-refractivity contribution is -0.187. The molecule has 0 aliphatic carbocycles. The molecule has 0 amide bonds. The summed E-state index contributed by atoms with van der Waals surface area (Å²) in [5.41, 5.74) is 0. The van der Waals surface area contributed by atoms with Crippen LogP contribution in [-0.4, -0.2) is 54.1 Å². The highest BCUT2D eigenvalue weighted by molar-refractivity contribution is 5.67. The lowest BCUT2D eigenvalue weighted by Gasteiger charge is -2.39. The molecule has 2 heterocycles. The Bertz CT molecular complexity index is 253. The molecule has 5 heteroatoms. The van der Waals surface area contributed by atoms with Crippen molar-refractivity contribution in [1.82, 2.24) is 4.90 Å². The number of hydrogen-bond donors (Lipinski definition) is 1. The van der Waals surface area contributed by atoms with Crippen molar-refractivity contribution in [3.63, 3.8) is 0 Å². The van der Waals surface area contributed by atoms with Crippen molar-refractivity contribution in [1.29, 1.82) is 0 Å². The molecular formula is C11H19NO4. The van der Waals surface area contributed by atoms with Gasteiger partial charge in [-0.2, -0.15) is 0 Å². The lowest BCUT2D eigenvalue weighted by atomic mass is 10.0. The van der Waals surface area contributed by atoms with Gasteiger partial charge in [-0.15, -0.1) is 0 Å². The summed E-state index contributed by atoms with van der Waals surface area (Å²) in [7, 11) is 0. The number of likely N-dealkylation sites (tertiary alicyclic amines) is 1. The smallest absolute Gasteiger partial charge is 0.304 e. The van der Waals surface area contributed by atoms with E-state index >= 15 is 0 Å². The molecule has 0 aromatic heterocycles. The third kappa shape index (κ3) is 2.53. The molecule has 1 atom stereocenters. The molecule has 92 valence electrons. The van der Waals surface area contributed by atoms with Gasteiger partial charge in [0.2, 0.25) is 0 Å². The number of piperidine rings is 1. The van der Waals surface area contributed by atoms with Gasteiger partial charge in [0, 0.05) is 32.0 Å². The van der Waals surface area contributed by atoms with E-state index in [0.29, 0.717) is 13.2 Å². The number of carbonyl (C=O) groups is 1. The Morgan fingerprint density at radius 1 is 1.38 bits per heavy atom. The van der Waals surface area contributed by atoms with Crippen LogP contribution in [0.15, 0.2) is 0 Å². The molecule has 2 saturated heterocycles. The van der Waals surface area contributed by atoms with E-state index in [4.69, 9.17) is 14.6 Å². The van der Waals surface area contributed by atoms with Gasteiger partial charge in [0.05, 0.1) is 19.6 Å². The van der Waals surface area contributed by atoms with Gasteiger partial charge in [-0.25, -0.2) is 0 Å². The van der Waals surface area contributed by atoms with E-state index in [0.717, 1.165) is 25.9 Å². The second-order valence-electron chi connectivity index (χ2n) is 4.59. The van der Waals surface area contributed by atoms with Gasteiger partial charge >= 0.3 is 5.97 Å². The maximum absolute atomic E-state index is 10.6. The van der Waals surface area contributed by atoms with Crippen LogP contribution in [0.2, 0.25) is 0 Å². The van der Waals surface area contributed by atoms with Crippen LogP contribution in [0.1, 0.15) is 26.2 Å². The summed E-state index contributed by atoms with van der Waals surface area (Å²) in [4.78, 5) is 12.8. The lowest BCUT2D eigenvalue weighted by Crippen LogP contribution is -2.48. The predicted octanol–water partition coefficient (Wildman–Crippen LogP) is 0.688. The van der Waals surface area contributed by atoms with Crippen LogP contribution in [0.3, 0.4) is 0 Å². The van der Waals surface area contributed by atoms with Crippen molar-refractivity contribution in [3.8, 4) is 0 Å². The number of rotatable bonds is 3. The molecule has 5 nitrogen and oxygen atoms in total. The van der Waals surface area contributed by atoms with Crippen molar-refractivity contribution in [2.45, 2.75) is 38.0 Å². The first-order valence-corrected chi connectivity index (χ1v) is 5.85. The number of carboxylic acid groups (broad SMARTS) is 1.